The minimum absolute atomic E-state index is 0.0699. The number of ether oxygens (including phenoxy) is 2. The highest BCUT2D eigenvalue weighted by Gasteiger charge is 2.41. The third-order valence-corrected chi connectivity index (χ3v) is 6.62. The highest BCUT2D eigenvalue weighted by molar-refractivity contribution is 6.06. The van der Waals surface area contributed by atoms with Crippen molar-refractivity contribution in [3.8, 4) is 0 Å². The van der Waals surface area contributed by atoms with E-state index in [0.717, 1.165) is 36.2 Å². The zero-order chi connectivity index (χ0) is 20.3. The summed E-state index contributed by atoms with van der Waals surface area (Å²) in [6.07, 6.45) is 7.44. The summed E-state index contributed by atoms with van der Waals surface area (Å²) < 4.78 is 14.5. The molecule has 3 amide bonds. The van der Waals surface area contributed by atoms with Gasteiger partial charge in [-0.15, -0.1) is 0 Å². The van der Waals surface area contributed by atoms with Gasteiger partial charge in [-0.05, 0) is 30.4 Å². The van der Waals surface area contributed by atoms with Gasteiger partial charge in [0.15, 0.2) is 5.79 Å². The maximum atomic E-state index is 12.3. The van der Waals surface area contributed by atoms with Crippen LogP contribution in [-0.4, -0.2) is 60.1 Å². The molecule has 1 aliphatic carbocycles. The van der Waals surface area contributed by atoms with Crippen LogP contribution in [0.1, 0.15) is 43.2 Å². The van der Waals surface area contributed by atoms with Gasteiger partial charge in [-0.3, -0.25) is 15.0 Å². The summed E-state index contributed by atoms with van der Waals surface area (Å²) in [5.41, 5.74) is 2.89. The Labute approximate surface area is 173 Å². The monoisotopic (exact) mass is 411 g/mol. The molecular weight excluding hydrogens is 386 g/mol. The van der Waals surface area contributed by atoms with Crippen LogP contribution in [-0.2, 0) is 14.3 Å². The Morgan fingerprint density at radius 2 is 2.03 bits per heavy atom. The Morgan fingerprint density at radius 1 is 1.20 bits per heavy atom. The first-order chi connectivity index (χ1) is 14.6. The molecule has 30 heavy (non-hydrogen) atoms. The number of rotatable bonds is 3. The second-order valence-corrected chi connectivity index (χ2v) is 8.70. The van der Waals surface area contributed by atoms with Gasteiger partial charge in [0.2, 0.25) is 5.91 Å². The maximum Gasteiger partial charge on any atom is 0.328 e. The molecule has 2 N–H and O–H groups in total. The fraction of sp³-hybridized carbons (Fsp3) is 0.571. The van der Waals surface area contributed by atoms with Gasteiger partial charge in [0.05, 0.1) is 31.1 Å². The summed E-state index contributed by atoms with van der Waals surface area (Å²) >= 11 is 0. The first kappa shape index (κ1) is 18.3. The average molecular weight is 411 g/mol. The molecule has 2 aromatic heterocycles. The predicted octanol–water partition coefficient (Wildman–Crippen LogP) is 1.64. The number of carbonyl (C=O) groups excluding carboxylic acids is 2. The third kappa shape index (κ3) is 3.00. The largest absolute Gasteiger partial charge is 0.346 e. The van der Waals surface area contributed by atoms with Gasteiger partial charge < -0.3 is 19.4 Å². The minimum atomic E-state index is -0.474. The van der Waals surface area contributed by atoms with E-state index in [1.54, 1.807) is 11.1 Å². The molecule has 1 saturated carbocycles. The molecule has 3 saturated heterocycles. The van der Waals surface area contributed by atoms with Crippen LogP contribution in [0.4, 0.5) is 10.5 Å². The van der Waals surface area contributed by atoms with E-state index in [1.807, 2.05) is 6.07 Å². The third-order valence-electron chi connectivity index (χ3n) is 6.62. The van der Waals surface area contributed by atoms with Gasteiger partial charge >= 0.3 is 6.03 Å². The van der Waals surface area contributed by atoms with Gasteiger partial charge in [0.25, 0.3) is 0 Å². The minimum Gasteiger partial charge on any atom is -0.346 e. The summed E-state index contributed by atoms with van der Waals surface area (Å²) in [6.45, 7) is 3.22. The molecule has 1 spiro atoms. The van der Waals surface area contributed by atoms with Crippen LogP contribution in [0.25, 0.3) is 11.0 Å². The van der Waals surface area contributed by atoms with Gasteiger partial charge in [-0.2, -0.15) is 0 Å². The number of hydrogen-bond donors (Lipinski definition) is 2. The van der Waals surface area contributed by atoms with Crippen molar-refractivity contribution in [2.45, 2.75) is 43.4 Å². The lowest BCUT2D eigenvalue weighted by Gasteiger charge is -2.37. The van der Waals surface area contributed by atoms with Crippen molar-refractivity contribution in [1.82, 2.24) is 20.2 Å². The summed E-state index contributed by atoms with van der Waals surface area (Å²) in [5, 5.41) is 6.77. The zero-order valence-electron chi connectivity index (χ0n) is 16.7. The van der Waals surface area contributed by atoms with Crippen molar-refractivity contribution >= 4 is 28.7 Å². The summed E-state index contributed by atoms with van der Waals surface area (Å²) in [5.74, 6) is -0.167. The predicted molar refractivity (Wildman–Crippen MR) is 108 cm³/mol. The average Bonchev–Trinajstić information content (AvgIpc) is 3.38. The van der Waals surface area contributed by atoms with Crippen LogP contribution in [0, 0.1) is 0 Å². The van der Waals surface area contributed by atoms with Crippen molar-refractivity contribution in [1.29, 1.82) is 0 Å². The van der Waals surface area contributed by atoms with E-state index < -0.39 is 5.79 Å². The number of urea groups is 1. The molecule has 0 atom stereocenters. The topological polar surface area (TPSA) is 97.7 Å². The SMILES string of the molecule is O=C1CCN(c2cnc3c(c2)c(C2CC2)cn3C2COC3(CCNC3)OC2)C(=O)N1. The fourth-order valence-electron chi connectivity index (χ4n) is 4.74. The molecule has 6 rings (SSSR count). The molecule has 3 aliphatic heterocycles. The Morgan fingerprint density at radius 3 is 2.73 bits per heavy atom. The number of nitrogens with zero attached hydrogens (tertiary/aromatic N) is 3. The Balaban J connectivity index is 1.33. The van der Waals surface area contributed by atoms with Gasteiger partial charge in [0.1, 0.15) is 5.65 Å². The van der Waals surface area contributed by atoms with Crippen LogP contribution in [0.2, 0.25) is 0 Å². The first-order valence-corrected chi connectivity index (χ1v) is 10.7. The Bertz CT molecular complexity index is 1010. The molecular formula is C21H25N5O4. The van der Waals surface area contributed by atoms with Crippen molar-refractivity contribution in [2.75, 3.05) is 37.7 Å². The van der Waals surface area contributed by atoms with Crippen LogP contribution in [0.3, 0.4) is 0 Å². The number of fused-ring (bicyclic) bond motifs is 1. The first-order valence-electron chi connectivity index (χ1n) is 10.7. The second-order valence-electron chi connectivity index (χ2n) is 8.70. The molecule has 9 nitrogen and oxygen atoms in total. The molecule has 2 aromatic rings. The van der Waals surface area contributed by atoms with Crippen molar-refractivity contribution in [3.05, 3.63) is 24.0 Å². The van der Waals surface area contributed by atoms with Crippen LogP contribution < -0.4 is 15.5 Å². The number of hydrogen-bond acceptors (Lipinski definition) is 6. The van der Waals surface area contributed by atoms with Gasteiger partial charge in [-0.25, -0.2) is 9.78 Å². The van der Waals surface area contributed by atoms with E-state index in [4.69, 9.17) is 14.5 Å². The zero-order valence-corrected chi connectivity index (χ0v) is 16.7. The number of amides is 3. The van der Waals surface area contributed by atoms with Crippen LogP contribution >= 0.6 is 0 Å². The van der Waals surface area contributed by atoms with Crippen molar-refractivity contribution in [2.24, 2.45) is 0 Å². The fourth-order valence-corrected chi connectivity index (χ4v) is 4.74. The summed E-state index contributed by atoms with van der Waals surface area (Å²) in [4.78, 5) is 30.1. The van der Waals surface area contributed by atoms with Crippen LogP contribution in [0.15, 0.2) is 18.5 Å². The molecule has 4 aliphatic rings. The number of anilines is 1. The quantitative estimate of drug-likeness (QED) is 0.797. The smallest absolute Gasteiger partial charge is 0.328 e. The molecule has 5 heterocycles. The van der Waals surface area contributed by atoms with E-state index in [0.29, 0.717) is 32.1 Å². The van der Waals surface area contributed by atoms with Crippen molar-refractivity contribution in [3.63, 3.8) is 0 Å². The van der Waals surface area contributed by atoms with E-state index in [2.05, 4.69) is 21.4 Å². The molecule has 0 radical (unpaired) electrons. The highest BCUT2D eigenvalue weighted by atomic mass is 16.7. The van der Waals surface area contributed by atoms with E-state index in [-0.39, 0.29) is 18.0 Å². The lowest BCUT2D eigenvalue weighted by molar-refractivity contribution is -0.267. The number of imide groups is 1. The molecule has 0 unspecified atom stereocenters. The van der Waals surface area contributed by atoms with Crippen molar-refractivity contribution < 1.29 is 19.1 Å². The normalized spacial score (nSPS) is 29.7. The lowest BCUT2D eigenvalue weighted by atomic mass is 10.1. The molecule has 0 aromatic carbocycles. The number of aromatic nitrogens is 2. The van der Waals surface area contributed by atoms with E-state index in [1.165, 1.54) is 18.4 Å². The van der Waals surface area contributed by atoms with E-state index >= 15 is 0 Å². The van der Waals surface area contributed by atoms with Gasteiger partial charge in [0, 0.05) is 44.1 Å². The molecule has 4 fully saturated rings. The second kappa shape index (κ2) is 6.76. The molecule has 9 heteroatoms. The summed E-state index contributed by atoms with van der Waals surface area (Å²) in [7, 11) is 0. The van der Waals surface area contributed by atoms with E-state index in [9.17, 15) is 9.59 Å². The highest BCUT2D eigenvalue weighted by Crippen LogP contribution is 2.45. The Hall–Kier alpha value is -2.49. The maximum absolute atomic E-state index is 12.3. The Kier molecular flexibility index (Phi) is 4.12. The number of nitrogens with one attached hydrogen (secondary N) is 2. The summed E-state index contributed by atoms with van der Waals surface area (Å²) in [6, 6.07) is 1.72. The molecule has 158 valence electrons. The lowest BCUT2D eigenvalue weighted by Crippen LogP contribution is -2.49. The number of carbonyl (C=O) groups is 2. The molecule has 0 bridgehead atoms. The number of pyridine rings is 1. The standard InChI is InChI=1S/C21H25N5O4/c27-18-3-6-25(20(28)24-18)14-7-16-17(13-1-2-13)9-26(19(16)23-8-14)15-10-29-21(30-11-15)4-5-22-12-21/h7-9,13,15,22H,1-6,10-12H2,(H,24,27,28). The van der Waals surface area contributed by atoms with Crippen LogP contribution in [0.5, 0.6) is 0 Å². The van der Waals surface area contributed by atoms with Gasteiger partial charge in [-0.1, -0.05) is 0 Å².